The molecule has 2 amide bonds. The molecule has 0 spiro atoms. The molecule has 2 aromatic rings. The SMILES string of the molecule is O=C(Cc1ccsc1)NCc1cncc(N2CCCC2=O)c1. The van der Waals surface area contributed by atoms with Crippen LogP contribution in [0, 0.1) is 0 Å². The van der Waals surface area contributed by atoms with Crippen LogP contribution in [0.2, 0.25) is 0 Å². The van der Waals surface area contributed by atoms with Crippen LogP contribution in [0.1, 0.15) is 24.0 Å². The summed E-state index contributed by atoms with van der Waals surface area (Å²) in [5.74, 6) is 0.126. The minimum absolute atomic E-state index is 0.0129. The van der Waals surface area contributed by atoms with Crippen molar-refractivity contribution >= 4 is 28.8 Å². The first-order chi connectivity index (χ1) is 10.7. The van der Waals surface area contributed by atoms with Gasteiger partial charge in [0.2, 0.25) is 11.8 Å². The molecule has 1 fully saturated rings. The Morgan fingerprint density at radius 3 is 3.00 bits per heavy atom. The Balaban J connectivity index is 1.58. The molecule has 2 aromatic heterocycles. The van der Waals surface area contributed by atoms with Crippen molar-refractivity contribution < 1.29 is 9.59 Å². The fourth-order valence-electron chi connectivity index (χ4n) is 2.48. The number of amides is 2. The maximum atomic E-state index is 11.9. The molecule has 0 radical (unpaired) electrons. The zero-order valence-corrected chi connectivity index (χ0v) is 12.9. The number of anilines is 1. The van der Waals surface area contributed by atoms with Crippen molar-refractivity contribution in [3.63, 3.8) is 0 Å². The minimum atomic E-state index is -0.0129. The molecule has 0 unspecified atom stereocenters. The third-order valence-electron chi connectivity index (χ3n) is 3.60. The summed E-state index contributed by atoms with van der Waals surface area (Å²) in [5, 5.41) is 6.82. The summed E-state index contributed by atoms with van der Waals surface area (Å²) in [6.07, 6.45) is 5.29. The van der Waals surface area contributed by atoms with E-state index in [1.165, 1.54) is 0 Å². The molecular weight excluding hydrogens is 298 g/mol. The van der Waals surface area contributed by atoms with Crippen LogP contribution >= 0.6 is 11.3 Å². The van der Waals surface area contributed by atoms with Crippen LogP contribution in [0.5, 0.6) is 0 Å². The number of rotatable bonds is 5. The highest BCUT2D eigenvalue weighted by Crippen LogP contribution is 2.21. The van der Waals surface area contributed by atoms with Crippen molar-refractivity contribution in [2.24, 2.45) is 0 Å². The molecule has 3 heterocycles. The monoisotopic (exact) mass is 315 g/mol. The third-order valence-corrected chi connectivity index (χ3v) is 4.33. The van der Waals surface area contributed by atoms with Gasteiger partial charge in [0.1, 0.15) is 0 Å². The number of aromatic nitrogens is 1. The van der Waals surface area contributed by atoms with Crippen molar-refractivity contribution in [2.45, 2.75) is 25.8 Å². The second kappa shape index (κ2) is 6.70. The number of hydrogen-bond donors (Lipinski definition) is 1. The van der Waals surface area contributed by atoms with Crippen molar-refractivity contribution in [1.82, 2.24) is 10.3 Å². The molecule has 0 saturated carbocycles. The number of nitrogens with zero attached hydrogens (tertiary/aromatic N) is 2. The van der Waals surface area contributed by atoms with Crippen LogP contribution in [0.15, 0.2) is 35.3 Å². The average Bonchev–Trinajstić information content (AvgIpc) is 3.17. The van der Waals surface area contributed by atoms with Crippen molar-refractivity contribution in [1.29, 1.82) is 0 Å². The lowest BCUT2D eigenvalue weighted by Gasteiger charge is -2.16. The average molecular weight is 315 g/mol. The molecule has 0 aliphatic carbocycles. The lowest BCUT2D eigenvalue weighted by atomic mass is 10.2. The van der Waals surface area contributed by atoms with Gasteiger partial charge in [0.15, 0.2) is 0 Å². The van der Waals surface area contributed by atoms with Gasteiger partial charge in [-0.15, -0.1) is 0 Å². The number of thiophene rings is 1. The number of pyridine rings is 1. The predicted molar refractivity (Wildman–Crippen MR) is 85.7 cm³/mol. The molecule has 22 heavy (non-hydrogen) atoms. The Morgan fingerprint density at radius 1 is 1.36 bits per heavy atom. The summed E-state index contributed by atoms with van der Waals surface area (Å²) in [6, 6.07) is 3.87. The van der Waals surface area contributed by atoms with Gasteiger partial charge < -0.3 is 10.2 Å². The zero-order chi connectivity index (χ0) is 15.4. The molecule has 0 bridgehead atoms. The summed E-state index contributed by atoms with van der Waals surface area (Å²) in [5.41, 5.74) is 2.74. The van der Waals surface area contributed by atoms with Crippen molar-refractivity contribution in [2.75, 3.05) is 11.4 Å². The fourth-order valence-corrected chi connectivity index (χ4v) is 3.15. The van der Waals surface area contributed by atoms with Crippen LogP contribution in [-0.4, -0.2) is 23.3 Å². The van der Waals surface area contributed by atoms with E-state index in [0.29, 0.717) is 19.4 Å². The predicted octanol–water partition coefficient (Wildman–Crippen LogP) is 2.13. The van der Waals surface area contributed by atoms with E-state index in [9.17, 15) is 9.59 Å². The first-order valence-corrected chi connectivity index (χ1v) is 8.19. The van der Waals surface area contributed by atoms with Crippen molar-refractivity contribution in [3.8, 4) is 0 Å². The molecule has 114 valence electrons. The Hall–Kier alpha value is -2.21. The van der Waals surface area contributed by atoms with E-state index in [2.05, 4.69) is 10.3 Å². The van der Waals surface area contributed by atoms with Gasteiger partial charge >= 0.3 is 0 Å². The topological polar surface area (TPSA) is 62.3 Å². The Kier molecular flexibility index (Phi) is 4.48. The quantitative estimate of drug-likeness (QED) is 0.919. The van der Waals surface area contributed by atoms with Crippen LogP contribution in [-0.2, 0) is 22.6 Å². The molecule has 0 aromatic carbocycles. The molecular formula is C16H17N3O2S. The molecule has 6 heteroatoms. The van der Waals surface area contributed by atoms with Crippen LogP contribution in [0.3, 0.4) is 0 Å². The second-order valence-corrected chi connectivity index (χ2v) is 6.07. The molecule has 1 N–H and O–H groups in total. The van der Waals surface area contributed by atoms with Gasteiger partial charge in [-0.1, -0.05) is 0 Å². The summed E-state index contributed by atoms with van der Waals surface area (Å²) in [6.45, 7) is 1.17. The van der Waals surface area contributed by atoms with E-state index in [-0.39, 0.29) is 11.8 Å². The first kappa shape index (κ1) is 14.7. The van der Waals surface area contributed by atoms with E-state index < -0.39 is 0 Å². The highest BCUT2D eigenvalue weighted by Gasteiger charge is 2.21. The summed E-state index contributed by atoms with van der Waals surface area (Å²) in [4.78, 5) is 29.6. The molecule has 0 atom stereocenters. The van der Waals surface area contributed by atoms with Gasteiger partial charge in [0, 0.05) is 25.7 Å². The van der Waals surface area contributed by atoms with Crippen LogP contribution in [0.25, 0.3) is 0 Å². The van der Waals surface area contributed by atoms with Crippen LogP contribution < -0.4 is 10.2 Å². The van der Waals surface area contributed by atoms with E-state index in [0.717, 1.165) is 29.8 Å². The van der Waals surface area contributed by atoms with Gasteiger partial charge in [0.05, 0.1) is 18.3 Å². The lowest BCUT2D eigenvalue weighted by molar-refractivity contribution is -0.120. The van der Waals surface area contributed by atoms with Crippen LogP contribution in [0.4, 0.5) is 5.69 Å². The molecule has 1 saturated heterocycles. The largest absolute Gasteiger partial charge is 0.352 e. The number of hydrogen-bond acceptors (Lipinski definition) is 4. The number of nitrogens with one attached hydrogen (secondary N) is 1. The zero-order valence-electron chi connectivity index (χ0n) is 12.1. The molecule has 1 aliphatic rings. The lowest BCUT2D eigenvalue weighted by Crippen LogP contribution is -2.26. The molecule has 3 rings (SSSR count). The highest BCUT2D eigenvalue weighted by atomic mass is 32.1. The van der Waals surface area contributed by atoms with Gasteiger partial charge in [-0.05, 0) is 40.4 Å². The highest BCUT2D eigenvalue weighted by molar-refractivity contribution is 7.08. The molecule has 1 aliphatic heterocycles. The van der Waals surface area contributed by atoms with E-state index in [4.69, 9.17) is 0 Å². The summed E-state index contributed by atoms with van der Waals surface area (Å²) >= 11 is 1.58. The van der Waals surface area contributed by atoms with Crippen molar-refractivity contribution in [3.05, 3.63) is 46.4 Å². The van der Waals surface area contributed by atoms with Gasteiger partial charge in [0.25, 0.3) is 0 Å². The van der Waals surface area contributed by atoms with E-state index >= 15 is 0 Å². The summed E-state index contributed by atoms with van der Waals surface area (Å²) < 4.78 is 0. The minimum Gasteiger partial charge on any atom is -0.352 e. The third kappa shape index (κ3) is 3.51. The normalized spacial score (nSPS) is 14.4. The second-order valence-electron chi connectivity index (χ2n) is 5.29. The summed E-state index contributed by atoms with van der Waals surface area (Å²) in [7, 11) is 0. The van der Waals surface area contributed by atoms with E-state index in [1.807, 2.05) is 22.9 Å². The number of carbonyl (C=O) groups is 2. The standard InChI is InChI=1S/C16H17N3O2S/c20-15(7-12-3-5-22-11-12)18-9-13-6-14(10-17-8-13)19-4-1-2-16(19)21/h3,5-6,8,10-11H,1-2,4,7,9H2,(H,18,20). The Bertz CT molecular complexity index is 670. The Morgan fingerprint density at radius 2 is 2.27 bits per heavy atom. The fraction of sp³-hybridized carbons (Fsp3) is 0.312. The smallest absolute Gasteiger partial charge is 0.227 e. The van der Waals surface area contributed by atoms with E-state index in [1.54, 1.807) is 28.6 Å². The number of carbonyl (C=O) groups excluding carboxylic acids is 2. The Labute approximate surface area is 133 Å². The van der Waals surface area contributed by atoms with Gasteiger partial charge in [-0.2, -0.15) is 11.3 Å². The first-order valence-electron chi connectivity index (χ1n) is 7.24. The maximum absolute atomic E-state index is 11.9. The van der Waals surface area contributed by atoms with Gasteiger partial charge in [-0.25, -0.2) is 0 Å². The molecule has 5 nitrogen and oxygen atoms in total. The maximum Gasteiger partial charge on any atom is 0.227 e. The van der Waals surface area contributed by atoms with Gasteiger partial charge in [-0.3, -0.25) is 14.6 Å².